The van der Waals surface area contributed by atoms with Gasteiger partial charge >= 0.3 is 0 Å². The quantitative estimate of drug-likeness (QED) is 0.428. The zero-order valence-corrected chi connectivity index (χ0v) is 16.4. The first kappa shape index (κ1) is 21.0. The third-order valence-electron chi connectivity index (χ3n) is 5.64. The van der Waals surface area contributed by atoms with Gasteiger partial charge in [-0.25, -0.2) is 0 Å². The fraction of sp³-hybridized carbons (Fsp3) is 1.00. The topological polar surface area (TPSA) is 9.23 Å². The summed E-state index contributed by atoms with van der Waals surface area (Å²) >= 11 is 0. The van der Waals surface area contributed by atoms with Gasteiger partial charge in [-0.05, 0) is 42.4 Å². The van der Waals surface area contributed by atoms with Gasteiger partial charge in [-0.15, -0.1) is 0 Å². The van der Waals surface area contributed by atoms with E-state index in [-0.39, 0.29) is 16.4 Å². The third-order valence-corrected chi connectivity index (χ3v) is 5.64. The van der Waals surface area contributed by atoms with Crippen LogP contribution >= 0.6 is 0 Å². The molecule has 1 heteroatoms. The lowest BCUT2D eigenvalue weighted by molar-refractivity contribution is -0.120. The van der Waals surface area contributed by atoms with Crippen molar-refractivity contribution in [3.63, 3.8) is 0 Å². The molecule has 0 rings (SSSR count). The maximum Gasteiger partial charge on any atom is 0.0677 e. The minimum atomic E-state index is 0.0967. The molecule has 1 atom stereocenters. The summed E-state index contributed by atoms with van der Waals surface area (Å²) in [7, 11) is 0. The second-order valence-electron chi connectivity index (χ2n) is 8.69. The van der Waals surface area contributed by atoms with Crippen molar-refractivity contribution >= 4 is 0 Å². The number of rotatable bonds is 10. The molecule has 1 nitrogen and oxygen atoms in total. The fourth-order valence-corrected chi connectivity index (χ4v) is 3.17. The second-order valence-corrected chi connectivity index (χ2v) is 8.69. The van der Waals surface area contributed by atoms with Crippen LogP contribution in [-0.4, -0.2) is 12.2 Å². The van der Waals surface area contributed by atoms with Gasteiger partial charge in [0.15, 0.2) is 0 Å². The molecular weight excluding hydrogens is 256 g/mol. The van der Waals surface area contributed by atoms with Crippen molar-refractivity contribution in [2.45, 2.75) is 106 Å². The molecule has 21 heavy (non-hydrogen) atoms. The van der Waals surface area contributed by atoms with E-state index in [1.54, 1.807) is 0 Å². The molecular formula is C20H42O. The lowest BCUT2D eigenvalue weighted by Crippen LogP contribution is -2.43. The second kappa shape index (κ2) is 8.56. The predicted octanol–water partition coefficient (Wildman–Crippen LogP) is 6.85. The lowest BCUT2D eigenvalue weighted by atomic mass is 9.64. The van der Waals surface area contributed by atoms with E-state index < -0.39 is 0 Å². The Morgan fingerprint density at radius 3 is 1.76 bits per heavy atom. The van der Waals surface area contributed by atoms with E-state index in [2.05, 4.69) is 62.3 Å². The summed E-state index contributed by atoms with van der Waals surface area (Å²) in [6, 6.07) is 0. The lowest BCUT2D eigenvalue weighted by Gasteiger charge is -2.46. The van der Waals surface area contributed by atoms with Crippen LogP contribution in [0.3, 0.4) is 0 Å². The summed E-state index contributed by atoms with van der Waals surface area (Å²) in [6.07, 6.45) is 7.23. The van der Waals surface area contributed by atoms with Crippen LogP contribution in [0.15, 0.2) is 0 Å². The van der Waals surface area contributed by atoms with Crippen LogP contribution in [-0.2, 0) is 4.74 Å². The standard InChI is InChI=1S/C20H42O/c1-10-13-14-20(11-2,12-3)21-16-19(9,15-17(4)5)18(6,7)8/h17H,10-16H2,1-9H3. The molecule has 0 aromatic rings. The van der Waals surface area contributed by atoms with Crippen LogP contribution < -0.4 is 0 Å². The molecule has 0 aliphatic carbocycles. The van der Waals surface area contributed by atoms with E-state index in [4.69, 9.17) is 4.74 Å². The van der Waals surface area contributed by atoms with E-state index in [0.29, 0.717) is 5.92 Å². The molecule has 0 aromatic carbocycles. The molecule has 0 amide bonds. The van der Waals surface area contributed by atoms with Crippen LogP contribution in [0.4, 0.5) is 0 Å². The highest BCUT2D eigenvalue weighted by Gasteiger charge is 2.40. The Bertz CT molecular complexity index is 270. The Kier molecular flexibility index (Phi) is 8.54. The van der Waals surface area contributed by atoms with Crippen LogP contribution in [0.1, 0.15) is 101 Å². The normalized spacial score (nSPS) is 16.3. The van der Waals surface area contributed by atoms with Crippen molar-refractivity contribution < 1.29 is 4.74 Å². The van der Waals surface area contributed by atoms with Gasteiger partial charge in [-0.1, -0.05) is 75.2 Å². The van der Waals surface area contributed by atoms with Crippen molar-refractivity contribution in [3.05, 3.63) is 0 Å². The summed E-state index contributed by atoms with van der Waals surface area (Å²) in [6.45, 7) is 21.9. The Hall–Kier alpha value is -0.0400. The van der Waals surface area contributed by atoms with Crippen molar-refractivity contribution in [2.75, 3.05) is 6.61 Å². The molecule has 0 spiro atoms. The largest absolute Gasteiger partial charge is 0.374 e. The first-order valence-electron chi connectivity index (χ1n) is 9.19. The zero-order chi connectivity index (χ0) is 16.7. The molecule has 0 radical (unpaired) electrons. The van der Waals surface area contributed by atoms with E-state index in [0.717, 1.165) is 19.4 Å². The highest BCUT2D eigenvalue weighted by molar-refractivity contribution is 4.89. The Morgan fingerprint density at radius 2 is 1.43 bits per heavy atom. The van der Waals surface area contributed by atoms with Gasteiger partial charge in [0.25, 0.3) is 0 Å². The number of hydrogen-bond acceptors (Lipinski definition) is 1. The summed E-state index contributed by atoms with van der Waals surface area (Å²) in [4.78, 5) is 0. The molecule has 0 saturated carbocycles. The molecule has 0 aliphatic heterocycles. The maximum atomic E-state index is 6.62. The molecule has 0 aliphatic rings. The number of unbranched alkanes of at least 4 members (excludes halogenated alkanes) is 1. The Morgan fingerprint density at radius 1 is 0.905 bits per heavy atom. The van der Waals surface area contributed by atoms with Crippen LogP contribution in [0.5, 0.6) is 0 Å². The first-order chi connectivity index (χ1) is 9.56. The Labute approximate surface area is 135 Å². The van der Waals surface area contributed by atoms with E-state index in [1.165, 1.54) is 25.7 Å². The SMILES string of the molecule is CCCCC(CC)(CC)OCC(C)(CC(C)C)C(C)(C)C. The van der Waals surface area contributed by atoms with Crippen molar-refractivity contribution in [1.82, 2.24) is 0 Å². The predicted molar refractivity (Wildman–Crippen MR) is 95.8 cm³/mol. The van der Waals surface area contributed by atoms with Gasteiger partial charge in [0.2, 0.25) is 0 Å². The van der Waals surface area contributed by atoms with Crippen LogP contribution in [0.2, 0.25) is 0 Å². The summed E-state index contributed by atoms with van der Waals surface area (Å²) in [5, 5.41) is 0. The minimum absolute atomic E-state index is 0.0967. The van der Waals surface area contributed by atoms with E-state index in [1.807, 2.05) is 0 Å². The van der Waals surface area contributed by atoms with Crippen molar-refractivity contribution in [3.8, 4) is 0 Å². The van der Waals surface area contributed by atoms with Crippen molar-refractivity contribution in [2.24, 2.45) is 16.7 Å². The minimum Gasteiger partial charge on any atom is -0.374 e. The molecule has 0 saturated heterocycles. The summed E-state index contributed by atoms with van der Waals surface area (Å²) < 4.78 is 6.62. The van der Waals surface area contributed by atoms with Gasteiger partial charge < -0.3 is 4.74 Å². The molecule has 0 aromatic heterocycles. The maximum absolute atomic E-state index is 6.62. The van der Waals surface area contributed by atoms with Crippen LogP contribution in [0, 0.1) is 16.7 Å². The highest BCUT2D eigenvalue weighted by atomic mass is 16.5. The number of ether oxygens (including phenoxy) is 1. The highest BCUT2D eigenvalue weighted by Crippen LogP contribution is 2.45. The smallest absolute Gasteiger partial charge is 0.0677 e. The van der Waals surface area contributed by atoms with Crippen molar-refractivity contribution in [1.29, 1.82) is 0 Å². The average molecular weight is 299 g/mol. The molecule has 128 valence electrons. The van der Waals surface area contributed by atoms with Gasteiger partial charge in [-0.2, -0.15) is 0 Å². The molecule has 0 N–H and O–H groups in total. The zero-order valence-electron chi connectivity index (χ0n) is 16.4. The van der Waals surface area contributed by atoms with Gasteiger partial charge in [0.1, 0.15) is 0 Å². The number of hydrogen-bond donors (Lipinski definition) is 0. The average Bonchev–Trinajstić information content (AvgIpc) is 2.38. The van der Waals surface area contributed by atoms with Gasteiger partial charge in [0, 0.05) is 0 Å². The fourth-order valence-electron chi connectivity index (χ4n) is 3.17. The summed E-state index contributed by atoms with van der Waals surface area (Å²) in [5.74, 6) is 0.714. The third kappa shape index (κ3) is 6.30. The van der Waals surface area contributed by atoms with Crippen LogP contribution in [0.25, 0.3) is 0 Å². The monoisotopic (exact) mass is 298 g/mol. The molecule has 0 fully saturated rings. The molecule has 1 unspecified atom stereocenters. The Balaban J connectivity index is 5.00. The molecule has 0 bridgehead atoms. The summed E-state index contributed by atoms with van der Waals surface area (Å²) in [5.41, 5.74) is 0.609. The first-order valence-corrected chi connectivity index (χ1v) is 9.19. The van der Waals surface area contributed by atoms with Gasteiger partial charge in [0.05, 0.1) is 12.2 Å². The van der Waals surface area contributed by atoms with E-state index >= 15 is 0 Å². The van der Waals surface area contributed by atoms with E-state index in [9.17, 15) is 0 Å². The van der Waals surface area contributed by atoms with Gasteiger partial charge in [-0.3, -0.25) is 0 Å². The molecule has 0 heterocycles.